The molecule has 0 aromatic carbocycles. The van der Waals surface area contributed by atoms with Gasteiger partial charge in [-0.05, 0) is 13.0 Å². The van der Waals surface area contributed by atoms with Gasteiger partial charge in [0.05, 0.1) is 11.7 Å². The van der Waals surface area contributed by atoms with Crippen LogP contribution in [0, 0.1) is 0 Å². The molecule has 0 aliphatic carbocycles. The van der Waals surface area contributed by atoms with E-state index >= 15 is 0 Å². The molecule has 3 N–H and O–H groups in total. The molecule has 1 atom stereocenters. The first-order valence-corrected chi connectivity index (χ1v) is 4.57. The predicted molar refractivity (Wildman–Crippen MR) is 56.6 cm³/mol. The van der Waals surface area contributed by atoms with E-state index in [0.717, 1.165) is 17.8 Å². The van der Waals surface area contributed by atoms with Gasteiger partial charge >= 0.3 is 0 Å². The second kappa shape index (κ2) is 5.47. The Bertz CT molecular complexity index is 283. The van der Waals surface area contributed by atoms with Crippen LogP contribution in [0.5, 0.6) is 0 Å². The molecule has 0 radical (unpaired) electrons. The van der Waals surface area contributed by atoms with Crippen LogP contribution in [0.1, 0.15) is 18.7 Å². The molecule has 1 aromatic heterocycles. The average molecular weight is 192 g/mol. The van der Waals surface area contributed by atoms with Crippen molar-refractivity contribution in [2.45, 2.75) is 13.0 Å². The molecule has 76 valence electrons. The number of nitrogens with zero attached hydrogens (tertiary/aromatic N) is 2. The third-order valence-corrected chi connectivity index (χ3v) is 1.85. The highest BCUT2D eigenvalue weighted by Crippen LogP contribution is 2.06. The van der Waals surface area contributed by atoms with Gasteiger partial charge in [0.15, 0.2) is 0 Å². The van der Waals surface area contributed by atoms with Crippen molar-refractivity contribution in [3.63, 3.8) is 0 Å². The second-order valence-electron chi connectivity index (χ2n) is 3.26. The van der Waals surface area contributed by atoms with Gasteiger partial charge in [0.25, 0.3) is 0 Å². The maximum atomic E-state index is 5.64. The van der Waals surface area contributed by atoms with Gasteiger partial charge in [-0.2, -0.15) is 0 Å². The van der Waals surface area contributed by atoms with Gasteiger partial charge < -0.3 is 11.1 Å². The summed E-state index contributed by atoms with van der Waals surface area (Å²) in [6, 6.07) is 1.94. The summed E-state index contributed by atoms with van der Waals surface area (Å²) in [6.07, 6.45) is 3.24. The third-order valence-electron chi connectivity index (χ3n) is 1.85. The first kappa shape index (κ1) is 10.8. The molecule has 1 unspecified atom stereocenters. The van der Waals surface area contributed by atoms with Crippen molar-refractivity contribution in [2.24, 2.45) is 5.73 Å². The van der Waals surface area contributed by atoms with Gasteiger partial charge in [0, 0.05) is 19.3 Å². The van der Waals surface area contributed by atoms with Crippen LogP contribution in [0.2, 0.25) is 0 Å². The topological polar surface area (TPSA) is 63.8 Å². The quantitative estimate of drug-likeness (QED) is 0.672. The number of nitrogens with one attached hydrogen (secondary N) is 1. The molecule has 0 saturated heterocycles. The number of hydrogen-bond acceptors (Lipinski definition) is 4. The van der Waals surface area contributed by atoms with Crippen molar-refractivity contribution in [1.29, 1.82) is 0 Å². The van der Waals surface area contributed by atoms with Crippen LogP contribution in [-0.4, -0.2) is 23.1 Å². The van der Waals surface area contributed by atoms with Crippen molar-refractivity contribution in [3.05, 3.63) is 36.4 Å². The van der Waals surface area contributed by atoms with Crippen molar-refractivity contribution in [3.8, 4) is 0 Å². The number of aromatic nitrogens is 2. The van der Waals surface area contributed by atoms with E-state index < -0.39 is 0 Å². The molecular formula is C10H16N4. The summed E-state index contributed by atoms with van der Waals surface area (Å²) < 4.78 is 0. The molecule has 4 nitrogen and oxygen atoms in total. The Morgan fingerprint density at radius 3 is 3.00 bits per heavy atom. The molecule has 1 heterocycles. The van der Waals surface area contributed by atoms with Crippen molar-refractivity contribution < 1.29 is 0 Å². The standard InChI is InChI=1S/C10H16N4/c1-8(2)6-13-10(5-11)9-3-4-12-7-14-9/h3-4,7,10,13H,1,5-6,11H2,2H3. The second-order valence-corrected chi connectivity index (χ2v) is 3.26. The molecular weight excluding hydrogens is 176 g/mol. The SMILES string of the molecule is C=C(C)CNC(CN)c1ccncn1. The molecule has 0 spiro atoms. The smallest absolute Gasteiger partial charge is 0.115 e. The molecule has 4 heteroatoms. The van der Waals surface area contributed by atoms with Crippen LogP contribution in [0.15, 0.2) is 30.7 Å². The molecule has 14 heavy (non-hydrogen) atoms. The third kappa shape index (κ3) is 3.24. The summed E-state index contributed by atoms with van der Waals surface area (Å²) in [5.41, 5.74) is 7.64. The Morgan fingerprint density at radius 1 is 1.71 bits per heavy atom. The van der Waals surface area contributed by atoms with Gasteiger partial charge in [-0.1, -0.05) is 12.2 Å². The molecule has 0 amide bonds. The van der Waals surface area contributed by atoms with Crippen LogP contribution >= 0.6 is 0 Å². The van der Waals surface area contributed by atoms with E-state index in [2.05, 4.69) is 21.9 Å². The summed E-state index contributed by atoms with van der Waals surface area (Å²) in [6.45, 7) is 7.07. The minimum atomic E-state index is 0.0784. The van der Waals surface area contributed by atoms with Gasteiger partial charge in [-0.15, -0.1) is 0 Å². The van der Waals surface area contributed by atoms with E-state index in [1.165, 1.54) is 6.33 Å². The fraction of sp³-hybridized carbons (Fsp3) is 0.400. The summed E-state index contributed by atoms with van der Waals surface area (Å²) >= 11 is 0. The van der Waals surface area contributed by atoms with Crippen molar-refractivity contribution in [2.75, 3.05) is 13.1 Å². The highest BCUT2D eigenvalue weighted by atomic mass is 15.0. The Morgan fingerprint density at radius 2 is 2.50 bits per heavy atom. The first-order chi connectivity index (χ1) is 6.74. The first-order valence-electron chi connectivity index (χ1n) is 4.57. The summed E-state index contributed by atoms with van der Waals surface area (Å²) in [5.74, 6) is 0. The van der Waals surface area contributed by atoms with E-state index in [4.69, 9.17) is 5.73 Å². The Hall–Kier alpha value is -1.26. The lowest BCUT2D eigenvalue weighted by Crippen LogP contribution is -2.30. The van der Waals surface area contributed by atoms with Gasteiger partial charge in [-0.25, -0.2) is 9.97 Å². The van der Waals surface area contributed by atoms with Gasteiger partial charge in [0.1, 0.15) is 6.33 Å². The number of rotatable bonds is 5. The molecule has 0 aliphatic heterocycles. The van der Waals surface area contributed by atoms with E-state index in [9.17, 15) is 0 Å². The van der Waals surface area contributed by atoms with E-state index in [1.54, 1.807) is 6.20 Å². The zero-order valence-electron chi connectivity index (χ0n) is 8.40. The van der Waals surface area contributed by atoms with Crippen molar-refractivity contribution in [1.82, 2.24) is 15.3 Å². The molecule has 0 fully saturated rings. The van der Waals surface area contributed by atoms with Gasteiger partial charge in [-0.3, -0.25) is 0 Å². The normalized spacial score (nSPS) is 12.4. The van der Waals surface area contributed by atoms with E-state index in [-0.39, 0.29) is 6.04 Å². The molecule has 0 bridgehead atoms. The highest BCUT2D eigenvalue weighted by Gasteiger charge is 2.08. The Labute approximate surface area is 84.3 Å². The highest BCUT2D eigenvalue weighted by molar-refractivity contribution is 5.06. The van der Waals surface area contributed by atoms with Gasteiger partial charge in [0.2, 0.25) is 0 Å². The molecule has 0 saturated carbocycles. The Balaban J connectivity index is 2.58. The van der Waals surface area contributed by atoms with Crippen LogP contribution in [0.25, 0.3) is 0 Å². The monoisotopic (exact) mass is 192 g/mol. The van der Waals surface area contributed by atoms with Crippen LogP contribution < -0.4 is 11.1 Å². The summed E-state index contributed by atoms with van der Waals surface area (Å²) in [4.78, 5) is 8.00. The fourth-order valence-electron chi connectivity index (χ4n) is 1.11. The number of hydrogen-bond donors (Lipinski definition) is 2. The molecule has 1 rings (SSSR count). The average Bonchev–Trinajstić information content (AvgIpc) is 2.20. The lowest BCUT2D eigenvalue weighted by atomic mass is 10.2. The zero-order valence-corrected chi connectivity index (χ0v) is 8.40. The van der Waals surface area contributed by atoms with Crippen LogP contribution in [0.4, 0.5) is 0 Å². The van der Waals surface area contributed by atoms with Crippen LogP contribution in [0.3, 0.4) is 0 Å². The Kier molecular flexibility index (Phi) is 4.22. The van der Waals surface area contributed by atoms with Crippen LogP contribution in [-0.2, 0) is 0 Å². The lowest BCUT2D eigenvalue weighted by molar-refractivity contribution is 0.554. The zero-order chi connectivity index (χ0) is 10.4. The minimum Gasteiger partial charge on any atom is -0.329 e. The predicted octanol–water partition coefficient (Wildman–Crippen LogP) is 0.642. The largest absolute Gasteiger partial charge is 0.329 e. The van der Waals surface area contributed by atoms with Crippen molar-refractivity contribution >= 4 is 0 Å². The van der Waals surface area contributed by atoms with E-state index in [0.29, 0.717) is 6.54 Å². The lowest BCUT2D eigenvalue weighted by Gasteiger charge is -2.15. The maximum Gasteiger partial charge on any atom is 0.115 e. The molecule has 1 aromatic rings. The van der Waals surface area contributed by atoms with E-state index in [1.807, 2.05) is 13.0 Å². The fourth-order valence-corrected chi connectivity index (χ4v) is 1.11. The maximum absolute atomic E-state index is 5.64. The molecule has 0 aliphatic rings. The summed E-state index contributed by atoms with van der Waals surface area (Å²) in [7, 11) is 0. The summed E-state index contributed by atoms with van der Waals surface area (Å²) in [5, 5.41) is 3.27. The minimum absolute atomic E-state index is 0.0784. The number of nitrogens with two attached hydrogens (primary N) is 1.